The fourth-order valence-electron chi connectivity index (χ4n) is 6.33. The van der Waals surface area contributed by atoms with E-state index in [1.54, 1.807) is 12.1 Å². The van der Waals surface area contributed by atoms with Crippen LogP contribution in [0.2, 0.25) is 0 Å². The molecule has 0 amide bonds. The molecule has 270 valence electrons. The zero-order valence-electron chi connectivity index (χ0n) is 28.8. The van der Waals surface area contributed by atoms with Crippen LogP contribution in [0.1, 0.15) is 62.4 Å². The molecule has 2 aliphatic rings. The molecule has 0 radical (unpaired) electrons. The average molecular weight is 877 g/mol. The highest BCUT2D eigenvalue weighted by molar-refractivity contribution is 9.10. The lowest BCUT2D eigenvalue weighted by molar-refractivity contribution is 0.101. The lowest BCUT2D eigenvalue weighted by Gasteiger charge is -2.25. The minimum absolute atomic E-state index is 0.175. The number of nitriles is 1. The first-order valence-corrected chi connectivity index (χ1v) is 19.3. The minimum Gasteiger partial charge on any atom is -0.376 e. The molecular weight excluding hydrogens is 842 g/mol. The van der Waals surface area contributed by atoms with Gasteiger partial charge in [0.1, 0.15) is 28.3 Å². The summed E-state index contributed by atoms with van der Waals surface area (Å²) in [5.74, 6) is -0.952. The zero-order valence-corrected chi connectivity index (χ0v) is 33.6. The van der Waals surface area contributed by atoms with Gasteiger partial charge < -0.3 is 20.4 Å². The Morgan fingerprint density at radius 3 is 2.00 bits per heavy atom. The third-order valence-electron chi connectivity index (χ3n) is 9.12. The number of thiazole rings is 1. The van der Waals surface area contributed by atoms with Crippen LogP contribution >= 0.6 is 55.4 Å². The number of anilines is 1. The Bertz CT molecular complexity index is 2200. The molecule has 0 saturated carbocycles. The first-order valence-electron chi connectivity index (χ1n) is 16.5. The standard InChI is InChI=1S/C20H15BrFN3S.C11H13BrN2S.C9H6FNO/c1-25(17-9-5-12-2-6-14(21)10-16(12)17)20-24-19(18(11-23)26-20)13-3-7-15(22)8-4-13;1-14(11(13)15)10-5-3-7-2-4-8(12)6-9(7)10;1-11-6-9(12)7-2-4-8(10)5-3-7/h2-4,6-8,10,17H,5,9H2,1H3;2,4,6,10H,3,5H2,1H3,(H2,13,15);2-5H,6H2. The highest BCUT2D eigenvalue weighted by Gasteiger charge is 2.29. The van der Waals surface area contributed by atoms with Gasteiger partial charge in [-0.2, -0.15) is 5.26 Å². The van der Waals surface area contributed by atoms with Gasteiger partial charge in [-0.05, 0) is 133 Å². The summed E-state index contributed by atoms with van der Waals surface area (Å²) < 4.78 is 27.8. The van der Waals surface area contributed by atoms with Gasteiger partial charge in [0, 0.05) is 34.2 Å². The number of hydrogen-bond donors (Lipinski definition) is 1. The molecule has 2 N–H and O–H groups in total. The smallest absolute Gasteiger partial charge is 0.276 e. The van der Waals surface area contributed by atoms with Crippen LogP contribution in [0.25, 0.3) is 16.1 Å². The van der Waals surface area contributed by atoms with E-state index < -0.39 is 0 Å². The summed E-state index contributed by atoms with van der Waals surface area (Å²) in [5.41, 5.74) is 12.8. The normalized spacial score (nSPS) is 14.9. The van der Waals surface area contributed by atoms with Crippen molar-refractivity contribution in [3.05, 3.63) is 150 Å². The number of Topliss-reactive ketones (excluding diaryl/α,β-unsaturated/α-hetero) is 1. The van der Waals surface area contributed by atoms with Crippen molar-refractivity contribution < 1.29 is 13.6 Å². The van der Waals surface area contributed by atoms with Crippen molar-refractivity contribution in [3.8, 4) is 17.3 Å². The second-order valence-corrected chi connectivity index (χ2v) is 15.6. The van der Waals surface area contributed by atoms with Crippen LogP contribution in [0.3, 0.4) is 0 Å². The molecule has 2 unspecified atom stereocenters. The van der Waals surface area contributed by atoms with Crippen LogP contribution in [0.5, 0.6) is 0 Å². The molecule has 13 heteroatoms. The van der Waals surface area contributed by atoms with Gasteiger partial charge in [0.15, 0.2) is 10.2 Å². The lowest BCUT2D eigenvalue weighted by Crippen LogP contribution is -2.34. The molecule has 53 heavy (non-hydrogen) atoms. The molecule has 0 bridgehead atoms. The van der Waals surface area contributed by atoms with E-state index in [2.05, 4.69) is 84.1 Å². The van der Waals surface area contributed by atoms with Crippen molar-refractivity contribution in [1.82, 2.24) is 9.88 Å². The number of carbonyl (C=O) groups is 1. The molecule has 1 aromatic heterocycles. The largest absolute Gasteiger partial charge is 0.376 e. The van der Waals surface area contributed by atoms with E-state index in [0.717, 1.165) is 45.3 Å². The molecule has 0 spiro atoms. The molecule has 5 aromatic rings. The summed E-state index contributed by atoms with van der Waals surface area (Å²) in [6.07, 6.45) is 4.27. The van der Waals surface area contributed by atoms with E-state index in [1.165, 1.54) is 70.0 Å². The van der Waals surface area contributed by atoms with Gasteiger partial charge in [-0.3, -0.25) is 4.79 Å². The lowest BCUT2D eigenvalue weighted by atomic mass is 10.1. The molecule has 0 saturated heterocycles. The predicted octanol–water partition coefficient (Wildman–Crippen LogP) is 10.2. The third-order valence-corrected chi connectivity index (χ3v) is 11.4. The second kappa shape index (κ2) is 18.0. The molecule has 2 atom stereocenters. The van der Waals surface area contributed by atoms with Crippen LogP contribution in [0.15, 0.2) is 93.9 Å². The van der Waals surface area contributed by atoms with Crippen LogP contribution in [-0.2, 0) is 12.8 Å². The van der Waals surface area contributed by atoms with E-state index in [0.29, 0.717) is 27.3 Å². The number of aryl methyl sites for hydroxylation is 2. The van der Waals surface area contributed by atoms with Crippen molar-refractivity contribution in [3.63, 3.8) is 0 Å². The number of aromatic nitrogens is 1. The third kappa shape index (κ3) is 9.72. The van der Waals surface area contributed by atoms with Gasteiger partial charge in [-0.25, -0.2) is 20.3 Å². The average Bonchev–Trinajstić information content (AvgIpc) is 3.89. The Kier molecular flexibility index (Phi) is 13.5. The molecule has 0 aliphatic heterocycles. The second-order valence-electron chi connectivity index (χ2n) is 12.4. The Hall–Kier alpha value is -4.53. The number of hydrogen-bond acceptors (Lipinski definition) is 6. The van der Waals surface area contributed by atoms with E-state index in [1.807, 2.05) is 19.0 Å². The Balaban J connectivity index is 0.000000170. The maximum Gasteiger partial charge on any atom is 0.276 e. The van der Waals surface area contributed by atoms with Crippen molar-refractivity contribution >= 4 is 71.4 Å². The molecular formula is C40H34Br2F2N6OS2. The fourth-order valence-corrected chi connectivity index (χ4v) is 8.11. The molecule has 7 rings (SSSR count). The van der Waals surface area contributed by atoms with Gasteiger partial charge in [0.25, 0.3) is 6.54 Å². The number of halogens is 4. The number of carbonyl (C=O) groups excluding carboxylic acids is 1. The Morgan fingerprint density at radius 1 is 0.943 bits per heavy atom. The number of nitrogens with two attached hydrogens (primary N) is 1. The van der Waals surface area contributed by atoms with Crippen molar-refractivity contribution in [1.29, 1.82) is 5.26 Å². The number of fused-ring (bicyclic) bond motifs is 2. The quantitative estimate of drug-likeness (QED) is 0.103. The molecule has 1 heterocycles. The maximum atomic E-state index is 13.2. The number of ketones is 1. The van der Waals surface area contributed by atoms with Crippen LogP contribution in [0.4, 0.5) is 13.9 Å². The van der Waals surface area contributed by atoms with Crippen molar-refractivity contribution in [2.24, 2.45) is 5.73 Å². The highest BCUT2D eigenvalue weighted by Crippen LogP contribution is 2.42. The van der Waals surface area contributed by atoms with Crippen LogP contribution < -0.4 is 10.6 Å². The zero-order chi connectivity index (χ0) is 38.2. The summed E-state index contributed by atoms with van der Waals surface area (Å²) in [4.78, 5) is 23.3. The predicted molar refractivity (Wildman–Crippen MR) is 218 cm³/mol. The maximum absolute atomic E-state index is 13.2. The molecule has 4 aromatic carbocycles. The first-order chi connectivity index (χ1) is 25.4. The van der Waals surface area contributed by atoms with Gasteiger partial charge in [-0.15, -0.1) is 0 Å². The van der Waals surface area contributed by atoms with Crippen molar-refractivity contribution in [2.45, 2.75) is 37.8 Å². The topological polar surface area (TPSA) is 90.6 Å². The monoisotopic (exact) mass is 874 g/mol. The summed E-state index contributed by atoms with van der Waals surface area (Å²) in [6.45, 7) is 6.28. The van der Waals surface area contributed by atoms with E-state index in [9.17, 15) is 18.8 Å². The first kappa shape index (κ1) is 39.7. The van der Waals surface area contributed by atoms with E-state index in [-0.39, 0.29) is 30.0 Å². The number of benzene rings is 4. The van der Waals surface area contributed by atoms with Gasteiger partial charge in [-0.1, -0.05) is 55.3 Å². The van der Waals surface area contributed by atoms with E-state index >= 15 is 0 Å². The van der Waals surface area contributed by atoms with Gasteiger partial charge >= 0.3 is 0 Å². The fraction of sp³-hybridized carbons (Fsp3) is 0.225. The van der Waals surface area contributed by atoms with Gasteiger partial charge in [0.2, 0.25) is 5.78 Å². The van der Waals surface area contributed by atoms with Crippen LogP contribution in [-0.4, -0.2) is 41.4 Å². The van der Waals surface area contributed by atoms with E-state index in [4.69, 9.17) is 29.5 Å². The summed E-state index contributed by atoms with van der Waals surface area (Å²) in [7, 11) is 3.98. The SMILES string of the molecule is CN(C(N)=S)C1CCc2ccc(Br)cc21.CN(c1nc(-c2ccc(F)cc2)c(C#N)s1)C1CCc2ccc(Br)cc21.[C-]#[N+]CC(=O)c1ccc(F)cc1. The number of thiocarbonyl (C=S) groups is 1. The highest BCUT2D eigenvalue weighted by atomic mass is 79.9. The number of rotatable bonds is 6. The Labute approximate surface area is 334 Å². The van der Waals surface area contributed by atoms with Gasteiger partial charge in [0.05, 0.1) is 12.1 Å². The summed E-state index contributed by atoms with van der Waals surface area (Å²) >= 11 is 13.4. The molecule has 7 nitrogen and oxygen atoms in total. The summed E-state index contributed by atoms with van der Waals surface area (Å²) in [6, 6.07) is 26.9. The van der Waals surface area contributed by atoms with Crippen LogP contribution in [0, 0.1) is 29.5 Å². The Morgan fingerprint density at radius 2 is 1.47 bits per heavy atom. The number of nitrogens with zero attached hydrogens (tertiary/aromatic N) is 5. The summed E-state index contributed by atoms with van der Waals surface area (Å²) in [5, 5.41) is 10.8. The van der Waals surface area contributed by atoms with Crippen molar-refractivity contribution in [2.75, 3.05) is 25.5 Å². The molecule has 0 fully saturated rings. The molecule has 2 aliphatic carbocycles. The minimum atomic E-state index is -0.380.